The number of benzene rings is 2. The van der Waals surface area contributed by atoms with Gasteiger partial charge in [0.15, 0.2) is 5.78 Å². The number of rotatable bonds is 2. The van der Waals surface area contributed by atoms with Crippen molar-refractivity contribution in [3.8, 4) is 0 Å². The predicted octanol–water partition coefficient (Wildman–Crippen LogP) is 4.89. The van der Waals surface area contributed by atoms with E-state index in [1.54, 1.807) is 24.3 Å². The number of aryl methyl sites for hydroxylation is 1. The summed E-state index contributed by atoms with van der Waals surface area (Å²) in [7, 11) is 0. The maximum Gasteiger partial charge on any atom is 0.196 e. The third-order valence-corrected chi connectivity index (χ3v) is 4.10. The van der Waals surface area contributed by atoms with Crippen LogP contribution < -0.4 is 0 Å². The normalized spacial score (nSPS) is 10.4. The first-order valence-electron chi connectivity index (χ1n) is 5.25. The second-order valence-corrected chi connectivity index (χ2v) is 5.60. The first-order valence-corrected chi connectivity index (χ1v) is 6.84. The van der Waals surface area contributed by atoms with E-state index in [1.807, 2.05) is 13.0 Å². The number of hydrogen-bond donors (Lipinski definition) is 0. The van der Waals surface area contributed by atoms with Crippen LogP contribution in [-0.4, -0.2) is 5.78 Å². The summed E-state index contributed by atoms with van der Waals surface area (Å²) >= 11 is 6.44. The minimum atomic E-state index is -0.529. The lowest BCUT2D eigenvalue weighted by molar-refractivity contribution is 0.103. The molecule has 0 saturated carbocycles. The smallest absolute Gasteiger partial charge is 0.196 e. The van der Waals surface area contributed by atoms with Gasteiger partial charge >= 0.3 is 0 Å². The van der Waals surface area contributed by atoms with E-state index in [4.69, 9.17) is 0 Å². The molecule has 0 atom stereocenters. The van der Waals surface area contributed by atoms with Crippen molar-refractivity contribution in [1.29, 1.82) is 0 Å². The lowest BCUT2D eigenvalue weighted by Gasteiger charge is -2.06. The first kappa shape index (κ1) is 13.4. The molecule has 0 amide bonds. The summed E-state index contributed by atoms with van der Waals surface area (Å²) in [6.07, 6.45) is 0. The summed E-state index contributed by atoms with van der Waals surface area (Å²) in [6, 6.07) is 9.92. The molecule has 18 heavy (non-hydrogen) atoms. The molecule has 0 radical (unpaired) electrons. The Morgan fingerprint density at radius 2 is 1.83 bits per heavy atom. The molecule has 0 aliphatic carbocycles. The zero-order valence-corrected chi connectivity index (χ0v) is 12.7. The van der Waals surface area contributed by atoms with Gasteiger partial charge in [0.05, 0.1) is 10.0 Å². The zero-order chi connectivity index (χ0) is 13.3. The van der Waals surface area contributed by atoms with Gasteiger partial charge in [0.25, 0.3) is 0 Å². The van der Waals surface area contributed by atoms with E-state index < -0.39 is 5.82 Å². The van der Waals surface area contributed by atoms with Gasteiger partial charge in [0.2, 0.25) is 0 Å². The molecule has 0 aliphatic heterocycles. The highest BCUT2D eigenvalue weighted by Gasteiger charge is 2.16. The number of carbonyl (C=O) groups excluding carboxylic acids is 1. The van der Waals surface area contributed by atoms with E-state index in [2.05, 4.69) is 31.9 Å². The van der Waals surface area contributed by atoms with Crippen molar-refractivity contribution in [3.05, 3.63) is 67.9 Å². The van der Waals surface area contributed by atoms with E-state index in [0.29, 0.717) is 10.0 Å². The number of halogens is 3. The van der Waals surface area contributed by atoms with E-state index in [-0.39, 0.29) is 11.3 Å². The molecule has 4 heteroatoms. The summed E-state index contributed by atoms with van der Waals surface area (Å²) in [5.41, 5.74) is 1.56. The Morgan fingerprint density at radius 3 is 2.50 bits per heavy atom. The number of carbonyl (C=O) groups is 1. The van der Waals surface area contributed by atoms with Crippen LogP contribution in [0.15, 0.2) is 45.3 Å². The molecule has 0 bridgehead atoms. The van der Waals surface area contributed by atoms with Gasteiger partial charge in [0.1, 0.15) is 5.82 Å². The van der Waals surface area contributed by atoms with Crippen LogP contribution in [0.4, 0.5) is 4.39 Å². The molecule has 0 N–H and O–H groups in total. The van der Waals surface area contributed by atoms with Gasteiger partial charge in [-0.2, -0.15) is 0 Å². The van der Waals surface area contributed by atoms with E-state index >= 15 is 0 Å². The van der Waals surface area contributed by atoms with Crippen LogP contribution >= 0.6 is 31.9 Å². The molecule has 0 aliphatic rings. The van der Waals surface area contributed by atoms with E-state index in [1.165, 1.54) is 6.07 Å². The predicted molar refractivity (Wildman–Crippen MR) is 76.4 cm³/mol. The Bertz CT molecular complexity index is 623. The van der Waals surface area contributed by atoms with Crippen molar-refractivity contribution in [2.24, 2.45) is 0 Å². The van der Waals surface area contributed by atoms with Crippen molar-refractivity contribution < 1.29 is 9.18 Å². The minimum absolute atomic E-state index is 0.0696. The molecule has 1 nitrogen and oxygen atoms in total. The SMILES string of the molecule is Cc1ccc(C(=O)c2cccc(Br)c2F)cc1Br. The summed E-state index contributed by atoms with van der Waals surface area (Å²) < 4.78 is 15.0. The summed E-state index contributed by atoms with van der Waals surface area (Å²) in [5.74, 6) is -0.853. The average Bonchev–Trinajstić information content (AvgIpc) is 2.35. The monoisotopic (exact) mass is 370 g/mol. The summed E-state index contributed by atoms with van der Waals surface area (Å²) in [5, 5.41) is 0. The lowest BCUT2D eigenvalue weighted by atomic mass is 10.0. The second kappa shape index (κ2) is 5.33. The Hall–Kier alpha value is -1.00. The van der Waals surface area contributed by atoms with Gasteiger partial charge < -0.3 is 0 Å². The quantitative estimate of drug-likeness (QED) is 0.687. The van der Waals surface area contributed by atoms with Crippen LogP contribution in [0.25, 0.3) is 0 Å². The van der Waals surface area contributed by atoms with Crippen LogP contribution in [-0.2, 0) is 0 Å². The van der Waals surface area contributed by atoms with Crippen molar-refractivity contribution in [1.82, 2.24) is 0 Å². The maximum atomic E-state index is 13.8. The van der Waals surface area contributed by atoms with E-state index in [9.17, 15) is 9.18 Å². The largest absolute Gasteiger partial charge is 0.288 e. The Kier molecular flexibility index (Phi) is 3.97. The van der Waals surface area contributed by atoms with Crippen LogP contribution in [0.1, 0.15) is 21.5 Å². The summed E-state index contributed by atoms with van der Waals surface area (Å²) in [6.45, 7) is 1.93. The van der Waals surface area contributed by atoms with Gasteiger partial charge in [-0.3, -0.25) is 4.79 Å². The Balaban J connectivity index is 2.48. The molecule has 0 unspecified atom stereocenters. The topological polar surface area (TPSA) is 17.1 Å². The Morgan fingerprint density at radius 1 is 1.11 bits per heavy atom. The lowest BCUT2D eigenvalue weighted by Crippen LogP contribution is -2.04. The van der Waals surface area contributed by atoms with Crippen molar-refractivity contribution in [2.75, 3.05) is 0 Å². The number of ketones is 1. The molecule has 0 fully saturated rings. The Labute approximate surface area is 121 Å². The zero-order valence-electron chi connectivity index (χ0n) is 9.51. The molecule has 0 aromatic heterocycles. The van der Waals surface area contributed by atoms with Crippen LogP contribution in [0.5, 0.6) is 0 Å². The molecular weight excluding hydrogens is 363 g/mol. The van der Waals surface area contributed by atoms with Crippen LogP contribution in [0, 0.1) is 12.7 Å². The van der Waals surface area contributed by atoms with Crippen molar-refractivity contribution in [3.63, 3.8) is 0 Å². The fourth-order valence-corrected chi connectivity index (χ4v) is 2.31. The number of hydrogen-bond acceptors (Lipinski definition) is 1. The van der Waals surface area contributed by atoms with Crippen LogP contribution in [0.2, 0.25) is 0 Å². The molecular formula is C14H9Br2FO. The fourth-order valence-electron chi connectivity index (χ4n) is 1.57. The maximum absolute atomic E-state index is 13.8. The minimum Gasteiger partial charge on any atom is -0.288 e. The van der Waals surface area contributed by atoms with Crippen molar-refractivity contribution >= 4 is 37.6 Å². The second-order valence-electron chi connectivity index (χ2n) is 3.89. The first-order chi connectivity index (χ1) is 8.50. The van der Waals surface area contributed by atoms with Gasteiger partial charge in [0, 0.05) is 10.0 Å². The molecule has 2 aromatic carbocycles. The average molecular weight is 372 g/mol. The third-order valence-electron chi connectivity index (χ3n) is 2.63. The fraction of sp³-hybridized carbons (Fsp3) is 0.0714. The van der Waals surface area contributed by atoms with Gasteiger partial charge in [-0.15, -0.1) is 0 Å². The van der Waals surface area contributed by atoms with Crippen molar-refractivity contribution in [2.45, 2.75) is 6.92 Å². The highest BCUT2D eigenvalue weighted by Crippen LogP contribution is 2.23. The summed E-state index contributed by atoms with van der Waals surface area (Å²) in [4.78, 5) is 12.2. The van der Waals surface area contributed by atoms with E-state index in [0.717, 1.165) is 10.0 Å². The van der Waals surface area contributed by atoms with Gasteiger partial charge in [-0.05, 0) is 46.6 Å². The van der Waals surface area contributed by atoms with Crippen LogP contribution in [0.3, 0.4) is 0 Å². The highest BCUT2D eigenvalue weighted by atomic mass is 79.9. The standard InChI is InChI=1S/C14H9Br2FO/c1-8-5-6-9(7-12(8)16)14(18)10-3-2-4-11(15)13(10)17/h2-7H,1H3. The van der Waals surface area contributed by atoms with Gasteiger partial charge in [-0.1, -0.05) is 34.1 Å². The third kappa shape index (κ3) is 2.54. The van der Waals surface area contributed by atoms with Gasteiger partial charge in [-0.25, -0.2) is 4.39 Å². The molecule has 2 aromatic rings. The molecule has 0 saturated heterocycles. The molecule has 92 valence electrons. The molecule has 2 rings (SSSR count). The molecule has 0 heterocycles. The molecule has 0 spiro atoms. The highest BCUT2D eigenvalue weighted by molar-refractivity contribution is 9.10.